The molecule has 0 aliphatic carbocycles. The third kappa shape index (κ3) is 22.4. The Kier molecular flexibility index (Phi) is 28.1. The lowest BCUT2D eigenvalue weighted by Crippen LogP contribution is -2.47. The molecule has 0 bridgehead atoms. The van der Waals surface area contributed by atoms with E-state index in [4.69, 9.17) is 11.2 Å². The van der Waals surface area contributed by atoms with Crippen molar-refractivity contribution in [2.75, 3.05) is 142 Å². The number of fused-ring (bicyclic) bond motifs is 4. The number of aromatic amines is 2. The lowest BCUT2D eigenvalue weighted by atomic mass is 9.86. The molecule has 688 valence electrons. The van der Waals surface area contributed by atoms with Crippen molar-refractivity contribution in [2.24, 2.45) is 14.1 Å². The Balaban J connectivity index is 0.000000131. The van der Waals surface area contributed by atoms with E-state index in [0.29, 0.717) is 64.6 Å². The lowest BCUT2D eigenvalue weighted by Gasteiger charge is -2.32. The fourth-order valence-electron chi connectivity index (χ4n) is 15.9. The van der Waals surface area contributed by atoms with Gasteiger partial charge in [-0.1, -0.05) is 39.7 Å². The number of amides is 4. The Morgan fingerprint density at radius 2 is 0.770 bits per heavy atom. The molecule has 32 nitrogen and oxygen atoms in total. The Labute approximate surface area is 784 Å². The Morgan fingerprint density at radius 3 is 1.19 bits per heavy atom. The van der Waals surface area contributed by atoms with Gasteiger partial charge in [0.2, 0.25) is 23.8 Å². The van der Waals surface area contributed by atoms with Crippen molar-refractivity contribution in [2.45, 2.75) is 58.8 Å². The number of likely N-dealkylation sites (N-methyl/N-ethyl adjacent to an activating group) is 3. The number of pyridine rings is 4. The number of nitrogens with one attached hydrogen (secondary N) is 6. The molecule has 0 saturated carbocycles. The molecule has 0 unspecified atom stereocenters. The van der Waals surface area contributed by atoms with E-state index in [1.54, 1.807) is 62.4 Å². The second-order valence-electron chi connectivity index (χ2n) is 35.6. The van der Waals surface area contributed by atoms with Crippen LogP contribution in [0, 0.1) is 12.3 Å². The summed E-state index contributed by atoms with van der Waals surface area (Å²) >= 11 is 0. The van der Waals surface area contributed by atoms with Crippen molar-refractivity contribution in [1.82, 2.24) is 113 Å². The monoisotopic (exact) mass is 1810 g/mol. The first-order valence-corrected chi connectivity index (χ1v) is 45.0. The van der Waals surface area contributed by atoms with E-state index in [1.165, 1.54) is 5.56 Å². The van der Waals surface area contributed by atoms with Crippen LogP contribution < -0.4 is 26.0 Å². The topological polar surface area (TPSA) is 344 Å². The van der Waals surface area contributed by atoms with E-state index in [0.717, 1.165) is 197 Å². The van der Waals surface area contributed by atoms with Gasteiger partial charge in [0.25, 0.3) is 23.6 Å². The zero-order valence-corrected chi connectivity index (χ0v) is 78.3. The molecule has 3 aliphatic heterocycles. The summed E-state index contributed by atoms with van der Waals surface area (Å²) in [6.45, 7) is 23.1. The molecule has 135 heavy (non-hydrogen) atoms. The quantitative estimate of drug-likeness (QED) is 0.0386. The van der Waals surface area contributed by atoms with E-state index in [2.05, 4.69) is 167 Å². The third-order valence-corrected chi connectivity index (χ3v) is 24.0. The van der Waals surface area contributed by atoms with Crippen LogP contribution in [0.5, 0.6) is 5.75 Å². The molecule has 4 amide bonds. The Morgan fingerprint density at radius 1 is 0.393 bits per heavy atom. The number of nitrogens with zero attached hydrogens (tertiary/aromatic N) is 21. The first-order chi connectivity index (χ1) is 65.1. The SMILES string of the molecule is C#CC(C)(C)c1ccnc(-c2ccnc(Nc3ccc4c(c3)cc(C(=O)N3CCN(C)CC3)n4C)n2)c1.CCCOc1ccnc(-c2ccnc(Nc3ccc4c(c3)cc(C(=O)N3CCN(C)CC3)n4C)n2)c1.CN(C)C(=O)c1cc2cc(Nc3nccc(-c4ccccn4)n3)ccc2[nH]1.CN1CCN(C(=O)c2cc3cc(Nc4nccc(-c5cc(C(C)(C)C)ccn5)n4)ccc3[nH]2)CC1. The van der Waals surface area contributed by atoms with E-state index in [-0.39, 0.29) is 29.0 Å². The largest absolute Gasteiger partial charge is 0.493 e. The van der Waals surface area contributed by atoms with E-state index in [1.807, 2.05) is 228 Å². The van der Waals surface area contributed by atoms with E-state index >= 15 is 0 Å². The molecule has 3 aliphatic rings. The number of aryl methyl sites for hydroxylation is 2. The number of anilines is 8. The third-order valence-electron chi connectivity index (χ3n) is 24.0. The average Bonchev–Trinajstić information content (AvgIpc) is 1.63. The highest BCUT2D eigenvalue weighted by atomic mass is 16.5. The summed E-state index contributed by atoms with van der Waals surface area (Å²) in [6.07, 6.45) is 20.5. The predicted molar refractivity (Wildman–Crippen MR) is 531 cm³/mol. The first-order valence-electron chi connectivity index (χ1n) is 45.0. The van der Waals surface area contributed by atoms with E-state index in [9.17, 15) is 19.2 Å². The minimum Gasteiger partial charge on any atom is -0.493 e. The predicted octanol–water partition coefficient (Wildman–Crippen LogP) is 15.9. The van der Waals surface area contributed by atoms with Gasteiger partial charge in [0, 0.05) is 229 Å². The highest BCUT2D eigenvalue weighted by molar-refractivity contribution is 6.02. The molecule has 0 spiro atoms. The van der Waals surface area contributed by atoms with Gasteiger partial charge < -0.3 is 79.4 Å². The summed E-state index contributed by atoms with van der Waals surface area (Å²) < 4.78 is 9.66. The maximum atomic E-state index is 13.2. The van der Waals surface area contributed by atoms with Crippen LogP contribution in [-0.4, -0.2) is 257 Å². The van der Waals surface area contributed by atoms with Gasteiger partial charge in [0.1, 0.15) is 28.5 Å². The van der Waals surface area contributed by atoms with Gasteiger partial charge >= 0.3 is 0 Å². The number of carbonyl (C=O) groups excluding carboxylic acids is 4. The smallest absolute Gasteiger partial charge is 0.270 e. The van der Waals surface area contributed by atoms with Gasteiger partial charge in [-0.3, -0.25) is 39.1 Å². The van der Waals surface area contributed by atoms with Crippen LogP contribution in [0.4, 0.5) is 46.5 Å². The van der Waals surface area contributed by atoms with Gasteiger partial charge in [-0.05, 0) is 222 Å². The molecule has 32 heteroatoms. The van der Waals surface area contributed by atoms with Crippen LogP contribution in [0.15, 0.2) is 225 Å². The fourth-order valence-corrected chi connectivity index (χ4v) is 15.9. The molecule has 4 aromatic carbocycles. The van der Waals surface area contributed by atoms with Crippen molar-refractivity contribution in [3.63, 3.8) is 0 Å². The van der Waals surface area contributed by atoms with Crippen LogP contribution in [0.2, 0.25) is 0 Å². The number of terminal acetylenes is 1. The first kappa shape index (κ1) is 92.5. The minimum absolute atomic E-state index is 0.0301. The Bertz CT molecular complexity index is 7010. The zero-order valence-electron chi connectivity index (χ0n) is 78.3. The number of carbonyl (C=O) groups is 4. The van der Waals surface area contributed by atoms with Crippen LogP contribution in [0.1, 0.15) is 101 Å². The maximum Gasteiger partial charge on any atom is 0.270 e. The molecule has 19 rings (SSSR count). The summed E-state index contributed by atoms with van der Waals surface area (Å²) in [5, 5.41) is 16.9. The average molecular weight is 1810 g/mol. The van der Waals surface area contributed by atoms with Crippen LogP contribution in [0.25, 0.3) is 89.2 Å². The van der Waals surface area contributed by atoms with Crippen molar-refractivity contribution >= 4 is 114 Å². The second-order valence-corrected chi connectivity index (χ2v) is 35.6. The lowest BCUT2D eigenvalue weighted by molar-refractivity contribution is 0.0648. The van der Waals surface area contributed by atoms with Crippen LogP contribution >= 0.6 is 0 Å². The van der Waals surface area contributed by atoms with Gasteiger partial charge in [-0.15, -0.1) is 6.42 Å². The summed E-state index contributed by atoms with van der Waals surface area (Å²) in [7, 11) is 13.6. The molecular formula is C103H111N27O5. The van der Waals surface area contributed by atoms with Crippen LogP contribution in [0.3, 0.4) is 0 Å². The van der Waals surface area contributed by atoms with Gasteiger partial charge in [0.05, 0.1) is 57.6 Å². The van der Waals surface area contributed by atoms with Gasteiger partial charge in [0.15, 0.2) is 0 Å². The van der Waals surface area contributed by atoms with Gasteiger partial charge in [-0.25, -0.2) is 39.9 Å². The van der Waals surface area contributed by atoms with Crippen molar-refractivity contribution in [1.29, 1.82) is 0 Å². The zero-order chi connectivity index (χ0) is 94.6. The summed E-state index contributed by atoms with van der Waals surface area (Å²) in [4.78, 5) is 126. The second kappa shape index (κ2) is 41.0. The summed E-state index contributed by atoms with van der Waals surface area (Å²) in [6, 6.07) is 56.2. The van der Waals surface area contributed by atoms with Crippen molar-refractivity contribution in [3.05, 3.63) is 259 Å². The van der Waals surface area contributed by atoms with Crippen LogP contribution in [-0.2, 0) is 24.9 Å². The molecule has 15 heterocycles. The number of hydrogen-bond donors (Lipinski definition) is 6. The maximum absolute atomic E-state index is 13.2. The number of hydrogen-bond acceptors (Lipinski definition) is 24. The molecule has 16 aromatic rings. The fraction of sp³-hybridized carbons (Fsp3) is 0.282. The number of piperazine rings is 3. The number of H-pyrrole nitrogens is 2. The van der Waals surface area contributed by atoms with Crippen molar-refractivity contribution < 1.29 is 23.9 Å². The molecule has 0 radical (unpaired) electrons. The minimum atomic E-state index is -0.401. The summed E-state index contributed by atoms with van der Waals surface area (Å²) in [5.41, 5.74) is 17.5. The number of aromatic nitrogens is 16. The normalized spacial score (nSPS) is 13.8. The molecule has 3 fully saturated rings. The molecule has 12 aromatic heterocycles. The number of rotatable bonds is 20. The molecule has 3 saturated heterocycles. The number of benzene rings is 4. The molecule has 0 atom stereocenters. The Hall–Kier alpha value is -15.7. The highest BCUT2D eigenvalue weighted by Crippen LogP contribution is 2.34. The van der Waals surface area contributed by atoms with Crippen molar-refractivity contribution in [3.8, 4) is 63.6 Å². The van der Waals surface area contributed by atoms with E-state index < -0.39 is 5.41 Å². The molecule has 6 N–H and O–H groups in total. The highest BCUT2D eigenvalue weighted by Gasteiger charge is 2.29. The number of ether oxygens (including phenoxy) is 1. The standard InChI is InChI=1S/C29H31N7O.C27H31N7O2.C27H31N7O.C20H18N6O/c1-6-29(2,3)21-9-11-30-24(19-21)23-10-12-31-28(33-23)32-22-7-8-25-20(17-22)18-26(35(25)5)27(37)36-15-13-34(4)14-16-36;1-4-15-36-21-7-9-28-23(18-21)22-8-10-29-27(31-22)30-20-5-6-24-19(16-20)17-25(33(24)3)26(35)34-13-11-32(2)12-14-34;1-27(2,3)19-7-9-28-23(17-19)22-8-10-29-26(32-22)30-20-5-6-21-18(15-20)16-24(31-21)25(35)34-13-11-33(4)12-14-34;1-26(2)19(27)18-12-13-11-14(6-7-15(13)24-18)23-20-22-10-8-17(25-20)16-5-3-4-9-21-16/h1,7-12,17-19H,13-16H2,2-5H3,(H,31,32,33);5-10,16-18H,4,11-15H2,1-3H3,(H,29,30,31);5-10,15-17,31H,11-14H2,1-4H3,(H,29,30,32);3-12,24H,1-2H3,(H,22,23,25). The molecular weight excluding hydrogens is 1700 g/mol. The summed E-state index contributed by atoms with van der Waals surface area (Å²) in [5.74, 6) is 5.64. The van der Waals surface area contributed by atoms with Gasteiger partial charge in [-0.2, -0.15) is 0 Å².